The fraction of sp³-hybridized carbons (Fsp3) is 0.0870. The van der Waals surface area contributed by atoms with Gasteiger partial charge in [0.05, 0.1) is 16.1 Å². The van der Waals surface area contributed by atoms with Gasteiger partial charge in [0, 0.05) is 10.4 Å². The number of primary amides is 1. The molecule has 0 saturated carbocycles. The summed E-state index contributed by atoms with van der Waals surface area (Å²) in [6.07, 6.45) is 0. The van der Waals surface area contributed by atoms with E-state index >= 15 is 0 Å². The molecule has 0 radical (unpaired) electrons. The molecule has 4 rings (SSSR count). The molecule has 0 aliphatic heterocycles. The summed E-state index contributed by atoms with van der Waals surface area (Å²) in [6.45, 7) is 3.37. The van der Waals surface area contributed by atoms with Crippen molar-refractivity contribution in [2.24, 2.45) is 5.73 Å². The highest BCUT2D eigenvalue weighted by atomic mass is 35.5. The molecule has 0 saturated heterocycles. The van der Waals surface area contributed by atoms with Gasteiger partial charge in [-0.15, -0.1) is 11.3 Å². The molecular formula is C23H17ClFN3O3S. The molecule has 0 unspecified atom stereocenters. The second-order valence-electron chi connectivity index (χ2n) is 6.98. The lowest BCUT2D eigenvalue weighted by Crippen LogP contribution is -2.18. The monoisotopic (exact) mass is 469 g/mol. The van der Waals surface area contributed by atoms with Gasteiger partial charge in [-0.25, -0.2) is 4.39 Å². The van der Waals surface area contributed by atoms with Crippen molar-refractivity contribution in [1.29, 1.82) is 0 Å². The molecule has 9 heteroatoms. The van der Waals surface area contributed by atoms with Crippen molar-refractivity contribution in [1.82, 2.24) is 5.16 Å². The number of carbonyl (C=O) groups is 2. The van der Waals surface area contributed by atoms with Gasteiger partial charge in [-0.1, -0.05) is 53.2 Å². The third-order valence-electron chi connectivity index (χ3n) is 4.91. The van der Waals surface area contributed by atoms with Gasteiger partial charge in [-0.2, -0.15) is 0 Å². The molecule has 0 aliphatic rings. The molecular weight excluding hydrogens is 453 g/mol. The molecule has 2 aromatic carbocycles. The average molecular weight is 470 g/mol. The largest absolute Gasteiger partial charge is 0.365 e. The normalized spacial score (nSPS) is 10.9. The predicted octanol–water partition coefficient (Wildman–Crippen LogP) is 5.83. The summed E-state index contributed by atoms with van der Waals surface area (Å²) in [5.41, 5.74) is 7.27. The predicted molar refractivity (Wildman–Crippen MR) is 123 cm³/mol. The van der Waals surface area contributed by atoms with Gasteiger partial charge < -0.3 is 15.6 Å². The number of thiophene rings is 1. The summed E-state index contributed by atoms with van der Waals surface area (Å²) in [6, 6.07) is 13.4. The Bertz CT molecular complexity index is 1330. The number of nitrogens with zero attached hydrogens (tertiary/aromatic N) is 1. The maximum Gasteiger partial charge on any atom is 0.262 e. The first-order chi connectivity index (χ1) is 15.3. The SMILES string of the molecule is Cc1onc(-c2c(F)cccc2Cl)c1C(=O)Nc1sc(C)c(-c2ccccc2)c1C(N)=O. The Kier molecular flexibility index (Phi) is 5.82. The number of hydrogen-bond acceptors (Lipinski definition) is 5. The Labute approximate surface area is 191 Å². The quantitative estimate of drug-likeness (QED) is 0.384. The van der Waals surface area contributed by atoms with Crippen molar-refractivity contribution in [2.45, 2.75) is 13.8 Å². The van der Waals surface area contributed by atoms with Gasteiger partial charge >= 0.3 is 0 Å². The van der Waals surface area contributed by atoms with Gasteiger partial charge in [-0.05, 0) is 31.5 Å². The molecule has 2 aromatic heterocycles. The first kappa shape index (κ1) is 21.7. The van der Waals surface area contributed by atoms with Crippen LogP contribution in [0.1, 0.15) is 31.4 Å². The van der Waals surface area contributed by atoms with E-state index < -0.39 is 17.6 Å². The van der Waals surface area contributed by atoms with Crippen LogP contribution in [0.4, 0.5) is 9.39 Å². The van der Waals surface area contributed by atoms with Crippen molar-refractivity contribution in [3.8, 4) is 22.4 Å². The lowest BCUT2D eigenvalue weighted by molar-refractivity contribution is 0.100. The maximum absolute atomic E-state index is 14.5. The number of benzene rings is 2. The molecule has 2 amide bonds. The Hall–Kier alpha value is -3.49. The van der Waals surface area contributed by atoms with E-state index in [1.165, 1.54) is 36.5 Å². The number of nitrogens with two attached hydrogens (primary N) is 1. The zero-order valence-electron chi connectivity index (χ0n) is 17.0. The summed E-state index contributed by atoms with van der Waals surface area (Å²) in [5.74, 6) is -1.77. The van der Waals surface area contributed by atoms with E-state index in [0.717, 1.165) is 10.4 Å². The highest BCUT2D eigenvalue weighted by Gasteiger charge is 2.28. The van der Waals surface area contributed by atoms with Gasteiger partial charge in [0.1, 0.15) is 27.8 Å². The maximum atomic E-state index is 14.5. The number of aromatic nitrogens is 1. The minimum Gasteiger partial charge on any atom is -0.365 e. The third kappa shape index (κ3) is 3.79. The third-order valence-corrected chi connectivity index (χ3v) is 6.25. The van der Waals surface area contributed by atoms with Gasteiger partial charge in [-0.3, -0.25) is 9.59 Å². The van der Waals surface area contributed by atoms with E-state index in [9.17, 15) is 14.0 Å². The van der Waals surface area contributed by atoms with Crippen LogP contribution in [0.25, 0.3) is 22.4 Å². The summed E-state index contributed by atoms with van der Waals surface area (Å²) in [5, 5.41) is 6.95. The van der Waals surface area contributed by atoms with E-state index in [-0.39, 0.29) is 38.2 Å². The molecule has 0 fully saturated rings. The van der Waals surface area contributed by atoms with E-state index in [2.05, 4.69) is 10.5 Å². The van der Waals surface area contributed by atoms with Crippen LogP contribution < -0.4 is 11.1 Å². The number of anilines is 1. The highest BCUT2D eigenvalue weighted by molar-refractivity contribution is 7.17. The standard InChI is InChI=1S/C23H17ClFN3O3S/c1-11-16(20(28-31-11)18-14(24)9-6-10-15(18)25)22(30)27-23-19(21(26)29)17(12(2)32-23)13-7-4-3-5-8-13/h3-10H,1-2H3,(H2,26,29)(H,27,30). The first-order valence-corrected chi connectivity index (χ1v) is 10.7. The lowest BCUT2D eigenvalue weighted by Gasteiger charge is -2.08. The number of aryl methyl sites for hydroxylation is 2. The minimum atomic E-state index is -0.678. The van der Waals surface area contributed by atoms with Crippen LogP contribution in [0.3, 0.4) is 0 Å². The lowest BCUT2D eigenvalue weighted by atomic mass is 10.0. The van der Waals surface area contributed by atoms with Crippen molar-refractivity contribution in [2.75, 3.05) is 5.32 Å². The van der Waals surface area contributed by atoms with Crippen LogP contribution >= 0.6 is 22.9 Å². The first-order valence-electron chi connectivity index (χ1n) is 9.50. The summed E-state index contributed by atoms with van der Waals surface area (Å²) < 4.78 is 19.6. The molecule has 3 N–H and O–H groups in total. The fourth-order valence-corrected chi connectivity index (χ4v) is 4.85. The molecule has 4 aromatic rings. The highest BCUT2D eigenvalue weighted by Crippen LogP contribution is 2.40. The second kappa shape index (κ2) is 8.57. The molecule has 32 heavy (non-hydrogen) atoms. The average Bonchev–Trinajstić information content (AvgIpc) is 3.28. The van der Waals surface area contributed by atoms with Crippen LogP contribution in [0.5, 0.6) is 0 Å². The Morgan fingerprint density at radius 2 is 1.78 bits per heavy atom. The van der Waals surface area contributed by atoms with Crippen molar-refractivity contribution < 1.29 is 18.5 Å². The molecule has 0 bridgehead atoms. The van der Waals surface area contributed by atoms with Crippen LogP contribution in [0, 0.1) is 19.7 Å². The van der Waals surface area contributed by atoms with E-state index in [4.69, 9.17) is 21.9 Å². The molecule has 0 spiro atoms. The van der Waals surface area contributed by atoms with Gasteiger partial charge in [0.2, 0.25) is 0 Å². The summed E-state index contributed by atoms with van der Waals surface area (Å²) in [4.78, 5) is 26.3. The number of nitrogens with one attached hydrogen (secondary N) is 1. The van der Waals surface area contributed by atoms with Crippen LogP contribution in [0.2, 0.25) is 5.02 Å². The zero-order valence-corrected chi connectivity index (χ0v) is 18.6. The molecule has 6 nitrogen and oxygen atoms in total. The second-order valence-corrected chi connectivity index (χ2v) is 8.61. The summed E-state index contributed by atoms with van der Waals surface area (Å²) >= 11 is 7.38. The molecule has 0 aliphatic carbocycles. The van der Waals surface area contributed by atoms with Crippen molar-refractivity contribution >= 4 is 39.8 Å². The van der Waals surface area contributed by atoms with Crippen LogP contribution in [-0.2, 0) is 0 Å². The van der Waals surface area contributed by atoms with Crippen LogP contribution in [0.15, 0.2) is 53.1 Å². The number of halogens is 2. The minimum absolute atomic E-state index is 0.0136. The number of hydrogen-bond donors (Lipinski definition) is 2. The van der Waals surface area contributed by atoms with E-state index in [1.807, 2.05) is 37.3 Å². The van der Waals surface area contributed by atoms with Crippen LogP contribution in [-0.4, -0.2) is 17.0 Å². The Morgan fingerprint density at radius 1 is 1.06 bits per heavy atom. The smallest absolute Gasteiger partial charge is 0.262 e. The van der Waals surface area contributed by atoms with E-state index in [0.29, 0.717) is 5.56 Å². The van der Waals surface area contributed by atoms with Crippen molar-refractivity contribution in [3.05, 3.63) is 81.1 Å². The summed E-state index contributed by atoms with van der Waals surface area (Å²) in [7, 11) is 0. The molecule has 2 heterocycles. The molecule has 0 atom stereocenters. The zero-order chi connectivity index (χ0) is 23.0. The Balaban J connectivity index is 1.79. The van der Waals surface area contributed by atoms with E-state index in [1.54, 1.807) is 0 Å². The fourth-order valence-electron chi connectivity index (χ4n) is 3.52. The van der Waals surface area contributed by atoms with Gasteiger partial charge in [0.25, 0.3) is 11.8 Å². The Morgan fingerprint density at radius 3 is 2.44 bits per heavy atom. The van der Waals surface area contributed by atoms with Gasteiger partial charge in [0.15, 0.2) is 0 Å². The number of carbonyl (C=O) groups excluding carboxylic acids is 2. The number of amides is 2. The molecule has 162 valence electrons. The van der Waals surface area contributed by atoms with Crippen molar-refractivity contribution in [3.63, 3.8) is 0 Å². The topological polar surface area (TPSA) is 98.2 Å². The number of rotatable bonds is 5.